The van der Waals surface area contributed by atoms with Crippen molar-refractivity contribution in [3.8, 4) is 62.1 Å². The van der Waals surface area contributed by atoms with Crippen LogP contribution in [0.25, 0.3) is 106 Å². The molecule has 12 rings (SSSR count). The third kappa shape index (κ3) is 5.08. The number of benzene rings is 8. The zero-order valence-electron chi connectivity index (χ0n) is 32.5. The van der Waals surface area contributed by atoms with E-state index in [0.29, 0.717) is 17.5 Å². The van der Waals surface area contributed by atoms with Crippen molar-refractivity contribution >= 4 is 43.7 Å². The van der Waals surface area contributed by atoms with Crippen LogP contribution in [0.2, 0.25) is 0 Å². The minimum absolute atomic E-state index is 0.132. The molecule has 278 valence electrons. The molecule has 0 fully saturated rings. The molecule has 0 atom stereocenters. The van der Waals surface area contributed by atoms with Crippen LogP contribution in [-0.2, 0) is 5.41 Å². The van der Waals surface area contributed by atoms with Crippen LogP contribution in [-0.4, -0.2) is 19.5 Å². The second kappa shape index (κ2) is 12.7. The Bertz CT molecular complexity index is 3470. The molecule has 1 aliphatic carbocycles. The molecule has 0 amide bonds. The Hall–Kier alpha value is -7.63. The highest BCUT2D eigenvalue weighted by molar-refractivity contribution is 6.16. The molecule has 3 heterocycles. The van der Waals surface area contributed by atoms with Crippen molar-refractivity contribution < 1.29 is 4.42 Å². The Labute approximate surface area is 340 Å². The highest BCUT2D eigenvalue weighted by Gasteiger charge is 2.36. The lowest BCUT2D eigenvalue weighted by atomic mass is 9.82. The van der Waals surface area contributed by atoms with E-state index in [1.165, 1.54) is 33.0 Å². The highest BCUT2D eigenvalue weighted by Crippen LogP contribution is 2.51. The van der Waals surface area contributed by atoms with E-state index in [2.05, 4.69) is 152 Å². The van der Waals surface area contributed by atoms with Crippen LogP contribution in [0, 0.1) is 0 Å². The first-order valence-electron chi connectivity index (χ1n) is 20.1. The summed E-state index contributed by atoms with van der Waals surface area (Å²) in [6, 6.07) is 64.0. The molecule has 3 aromatic heterocycles. The van der Waals surface area contributed by atoms with Crippen molar-refractivity contribution in [3.63, 3.8) is 0 Å². The predicted molar refractivity (Wildman–Crippen MR) is 241 cm³/mol. The number of furan rings is 1. The highest BCUT2D eigenvalue weighted by atomic mass is 16.3. The molecule has 0 saturated heterocycles. The van der Waals surface area contributed by atoms with Gasteiger partial charge in [-0.1, -0.05) is 159 Å². The standard InChI is InChI=1S/C54H36N4O/c1-54(2)43-26-11-9-22-37(43)41-31-42-38-23-10-12-27-45(38)58(47(42)32-44(41)54)46-28-14-24-39-49-40(25-15-29-48(49)59-50(39)46)53-56-51(34-18-7-4-8-19-34)55-52(57-53)36-21-13-20-35(30-36)33-16-5-3-6-17-33/h3-32H,1-2H3. The first-order chi connectivity index (χ1) is 29.0. The number of nitrogens with zero attached hydrogens (tertiary/aromatic N) is 4. The molecule has 8 aromatic carbocycles. The second-order valence-corrected chi connectivity index (χ2v) is 16.0. The van der Waals surface area contributed by atoms with Gasteiger partial charge in [0.05, 0.1) is 16.7 Å². The Morgan fingerprint density at radius 2 is 1.05 bits per heavy atom. The van der Waals surface area contributed by atoms with Crippen LogP contribution in [0.3, 0.4) is 0 Å². The Kier molecular flexibility index (Phi) is 7.20. The lowest BCUT2D eigenvalue weighted by molar-refractivity contribution is 0.660. The Balaban J connectivity index is 1.08. The molecule has 0 N–H and O–H groups in total. The summed E-state index contributed by atoms with van der Waals surface area (Å²) in [5, 5.41) is 4.41. The molecule has 1 aliphatic rings. The summed E-state index contributed by atoms with van der Waals surface area (Å²) < 4.78 is 9.35. The average Bonchev–Trinajstić information content (AvgIpc) is 3.91. The molecular weight excluding hydrogens is 721 g/mol. The summed E-state index contributed by atoms with van der Waals surface area (Å²) in [5.74, 6) is 1.82. The van der Waals surface area contributed by atoms with E-state index < -0.39 is 0 Å². The fourth-order valence-electron chi connectivity index (χ4n) is 9.43. The van der Waals surface area contributed by atoms with Crippen molar-refractivity contribution in [2.24, 2.45) is 0 Å². The van der Waals surface area contributed by atoms with Gasteiger partial charge in [-0.05, 0) is 69.8 Å². The number of fused-ring (bicyclic) bond motifs is 9. The molecule has 11 aromatic rings. The summed E-state index contributed by atoms with van der Waals surface area (Å²) in [4.78, 5) is 15.5. The minimum Gasteiger partial charge on any atom is -0.454 e. The van der Waals surface area contributed by atoms with Crippen molar-refractivity contribution in [1.29, 1.82) is 0 Å². The fourth-order valence-corrected chi connectivity index (χ4v) is 9.43. The largest absolute Gasteiger partial charge is 0.454 e. The normalized spacial score (nSPS) is 13.1. The maximum Gasteiger partial charge on any atom is 0.164 e. The maximum absolute atomic E-state index is 6.95. The number of hydrogen-bond donors (Lipinski definition) is 0. The van der Waals surface area contributed by atoms with Crippen molar-refractivity contribution in [2.75, 3.05) is 0 Å². The molecule has 0 bridgehead atoms. The van der Waals surface area contributed by atoms with E-state index >= 15 is 0 Å². The van der Waals surface area contributed by atoms with Gasteiger partial charge in [0.1, 0.15) is 5.58 Å². The Morgan fingerprint density at radius 3 is 1.90 bits per heavy atom. The molecule has 5 nitrogen and oxygen atoms in total. The van der Waals surface area contributed by atoms with E-state index in [1.807, 2.05) is 48.5 Å². The molecule has 0 aliphatic heterocycles. The van der Waals surface area contributed by atoms with E-state index in [0.717, 1.165) is 66.5 Å². The maximum atomic E-state index is 6.95. The number of para-hydroxylation sites is 2. The third-order valence-electron chi connectivity index (χ3n) is 12.3. The van der Waals surface area contributed by atoms with Gasteiger partial charge >= 0.3 is 0 Å². The molecule has 59 heavy (non-hydrogen) atoms. The van der Waals surface area contributed by atoms with Gasteiger partial charge in [-0.25, -0.2) is 15.0 Å². The van der Waals surface area contributed by atoms with Crippen LogP contribution in [0.1, 0.15) is 25.0 Å². The van der Waals surface area contributed by atoms with Crippen LogP contribution in [0.5, 0.6) is 0 Å². The van der Waals surface area contributed by atoms with Crippen molar-refractivity contribution in [3.05, 3.63) is 193 Å². The van der Waals surface area contributed by atoms with Gasteiger partial charge in [0.25, 0.3) is 0 Å². The van der Waals surface area contributed by atoms with Gasteiger partial charge in [-0.3, -0.25) is 0 Å². The van der Waals surface area contributed by atoms with Gasteiger partial charge in [0.2, 0.25) is 0 Å². The lowest BCUT2D eigenvalue weighted by Gasteiger charge is -2.21. The van der Waals surface area contributed by atoms with Gasteiger partial charge in [-0.15, -0.1) is 0 Å². The predicted octanol–water partition coefficient (Wildman–Crippen LogP) is 13.8. The van der Waals surface area contributed by atoms with Gasteiger partial charge < -0.3 is 8.98 Å². The summed E-state index contributed by atoms with van der Waals surface area (Å²) in [6.07, 6.45) is 0. The molecule has 0 spiro atoms. The molecule has 0 saturated carbocycles. The number of rotatable bonds is 5. The smallest absolute Gasteiger partial charge is 0.164 e. The summed E-state index contributed by atoms with van der Waals surface area (Å²) in [7, 11) is 0. The number of aromatic nitrogens is 4. The monoisotopic (exact) mass is 756 g/mol. The zero-order valence-corrected chi connectivity index (χ0v) is 32.5. The lowest BCUT2D eigenvalue weighted by Crippen LogP contribution is -2.14. The zero-order chi connectivity index (χ0) is 39.2. The third-order valence-corrected chi connectivity index (χ3v) is 12.3. The van der Waals surface area contributed by atoms with Crippen LogP contribution >= 0.6 is 0 Å². The van der Waals surface area contributed by atoms with Gasteiger partial charge in [-0.2, -0.15) is 0 Å². The average molecular weight is 757 g/mol. The summed E-state index contributed by atoms with van der Waals surface area (Å²) in [6.45, 7) is 4.68. The first-order valence-corrected chi connectivity index (χ1v) is 20.1. The van der Waals surface area contributed by atoms with Crippen LogP contribution in [0.15, 0.2) is 186 Å². The molecule has 5 heteroatoms. The SMILES string of the molecule is CC1(C)c2ccccc2-c2cc3c4ccccc4n(-c4cccc5c4oc4cccc(-c6nc(-c7ccccc7)nc(-c7cccc(-c8ccccc8)c7)n6)c45)c3cc21. The van der Waals surface area contributed by atoms with E-state index in [9.17, 15) is 0 Å². The summed E-state index contributed by atoms with van der Waals surface area (Å²) >= 11 is 0. The molecule has 0 unspecified atom stereocenters. The summed E-state index contributed by atoms with van der Waals surface area (Å²) in [5.41, 5.74) is 15.0. The van der Waals surface area contributed by atoms with Crippen molar-refractivity contribution in [2.45, 2.75) is 19.3 Å². The van der Waals surface area contributed by atoms with E-state index in [4.69, 9.17) is 19.4 Å². The fraction of sp³-hybridized carbons (Fsp3) is 0.0556. The van der Waals surface area contributed by atoms with E-state index in [1.54, 1.807) is 0 Å². The van der Waals surface area contributed by atoms with E-state index in [-0.39, 0.29) is 5.41 Å². The topological polar surface area (TPSA) is 56.7 Å². The first kappa shape index (κ1) is 33.5. The number of hydrogen-bond acceptors (Lipinski definition) is 4. The van der Waals surface area contributed by atoms with Crippen molar-refractivity contribution in [1.82, 2.24) is 19.5 Å². The Morgan fingerprint density at radius 1 is 0.424 bits per heavy atom. The molecular formula is C54H36N4O. The van der Waals surface area contributed by atoms with Crippen LogP contribution < -0.4 is 0 Å². The quantitative estimate of drug-likeness (QED) is 0.175. The molecule has 0 radical (unpaired) electrons. The minimum atomic E-state index is -0.132. The van der Waals surface area contributed by atoms with Crippen LogP contribution in [0.4, 0.5) is 0 Å². The van der Waals surface area contributed by atoms with Gasteiger partial charge in [0.15, 0.2) is 23.1 Å². The second-order valence-electron chi connectivity index (χ2n) is 16.0. The van der Waals surface area contributed by atoms with Gasteiger partial charge in [0, 0.05) is 43.7 Å².